The van der Waals surface area contributed by atoms with E-state index in [0.717, 1.165) is 19.4 Å². The molecule has 0 saturated heterocycles. The molecular weight excluding hydrogens is 248 g/mol. The summed E-state index contributed by atoms with van der Waals surface area (Å²) >= 11 is 0. The molecule has 1 atom stereocenters. The minimum atomic E-state index is -0.805. The highest BCUT2D eigenvalue weighted by molar-refractivity contribution is 5.73. The second-order valence-corrected chi connectivity index (χ2v) is 4.64. The van der Waals surface area contributed by atoms with Crippen molar-refractivity contribution in [3.8, 4) is 0 Å². The maximum absolute atomic E-state index is 11.4. The summed E-state index contributed by atoms with van der Waals surface area (Å²) in [7, 11) is 0. The molecule has 0 aromatic heterocycles. The molecule has 3 N–H and O–H groups in total. The van der Waals surface area contributed by atoms with Gasteiger partial charge in [-0.1, -0.05) is 20.3 Å². The molecular formula is C13H26N2O4. The Bertz CT molecular complexity index is 259. The van der Waals surface area contributed by atoms with Gasteiger partial charge in [-0.15, -0.1) is 0 Å². The van der Waals surface area contributed by atoms with Crippen molar-refractivity contribution >= 4 is 12.0 Å². The lowest BCUT2D eigenvalue weighted by atomic mass is 10.1. The van der Waals surface area contributed by atoms with E-state index in [9.17, 15) is 9.59 Å². The molecule has 0 aliphatic heterocycles. The third-order valence-corrected chi connectivity index (χ3v) is 2.64. The van der Waals surface area contributed by atoms with Crippen LogP contribution in [0.4, 0.5) is 4.79 Å². The van der Waals surface area contributed by atoms with E-state index >= 15 is 0 Å². The summed E-state index contributed by atoms with van der Waals surface area (Å²) < 4.78 is 5.31. The highest BCUT2D eigenvalue weighted by Gasteiger charge is 2.07. The highest BCUT2D eigenvalue weighted by Crippen LogP contribution is 2.03. The van der Waals surface area contributed by atoms with Crippen LogP contribution in [0.1, 0.15) is 39.5 Å². The lowest BCUT2D eigenvalue weighted by Crippen LogP contribution is -2.39. The van der Waals surface area contributed by atoms with E-state index in [1.807, 2.05) is 6.92 Å². The zero-order valence-electron chi connectivity index (χ0n) is 11.9. The van der Waals surface area contributed by atoms with Gasteiger partial charge in [-0.05, 0) is 18.8 Å². The van der Waals surface area contributed by atoms with Crippen LogP contribution in [-0.2, 0) is 9.53 Å². The fraction of sp³-hybridized carbons (Fsp3) is 0.846. The Labute approximate surface area is 114 Å². The van der Waals surface area contributed by atoms with Crippen LogP contribution in [0.25, 0.3) is 0 Å². The number of urea groups is 1. The van der Waals surface area contributed by atoms with Gasteiger partial charge in [-0.3, -0.25) is 4.79 Å². The third kappa shape index (κ3) is 12.9. The van der Waals surface area contributed by atoms with Crippen molar-refractivity contribution in [2.45, 2.75) is 39.5 Å². The van der Waals surface area contributed by atoms with Gasteiger partial charge in [0.25, 0.3) is 0 Å². The number of aliphatic carboxylic acids is 1. The smallest absolute Gasteiger partial charge is 0.314 e. The molecule has 0 aromatic rings. The molecule has 6 nitrogen and oxygen atoms in total. The van der Waals surface area contributed by atoms with Crippen molar-refractivity contribution in [2.24, 2.45) is 5.92 Å². The molecule has 112 valence electrons. The molecule has 0 rings (SSSR count). The first kappa shape index (κ1) is 17.7. The van der Waals surface area contributed by atoms with Crippen LogP contribution >= 0.6 is 0 Å². The maximum Gasteiger partial charge on any atom is 0.314 e. The number of unbranched alkanes of at least 4 members (excludes halogenated alkanes) is 1. The minimum Gasteiger partial charge on any atom is -0.481 e. The standard InChI is InChI=1S/C13H26N2O4/c1-3-4-8-19-9-7-14-13(18)15-10-11(2)5-6-12(16)17/h11H,3-10H2,1-2H3,(H,16,17)(H2,14,15,18). The van der Waals surface area contributed by atoms with E-state index in [1.54, 1.807) is 0 Å². The van der Waals surface area contributed by atoms with E-state index in [2.05, 4.69) is 17.6 Å². The first-order chi connectivity index (χ1) is 9.06. The van der Waals surface area contributed by atoms with Gasteiger partial charge in [-0.25, -0.2) is 4.79 Å². The number of hydrogen-bond donors (Lipinski definition) is 3. The number of carboxylic acids is 1. The maximum atomic E-state index is 11.4. The molecule has 1 unspecified atom stereocenters. The summed E-state index contributed by atoms with van der Waals surface area (Å²) in [5.41, 5.74) is 0. The number of carboxylic acid groups (broad SMARTS) is 1. The van der Waals surface area contributed by atoms with Crippen molar-refractivity contribution < 1.29 is 19.4 Å². The van der Waals surface area contributed by atoms with Gasteiger partial charge in [0, 0.05) is 26.1 Å². The van der Waals surface area contributed by atoms with Gasteiger partial charge in [0.1, 0.15) is 0 Å². The van der Waals surface area contributed by atoms with Gasteiger partial charge >= 0.3 is 12.0 Å². The SMILES string of the molecule is CCCCOCCNC(=O)NCC(C)CCC(=O)O. The molecule has 0 spiro atoms. The van der Waals surface area contributed by atoms with Crippen molar-refractivity contribution in [3.63, 3.8) is 0 Å². The van der Waals surface area contributed by atoms with Crippen molar-refractivity contribution in [1.82, 2.24) is 10.6 Å². The fourth-order valence-corrected chi connectivity index (χ4v) is 1.39. The monoisotopic (exact) mass is 274 g/mol. The summed E-state index contributed by atoms with van der Waals surface area (Å²) in [6.45, 7) is 6.22. The number of nitrogens with one attached hydrogen (secondary N) is 2. The van der Waals surface area contributed by atoms with Gasteiger partial charge in [0.05, 0.1) is 6.61 Å². The average Bonchev–Trinajstić information content (AvgIpc) is 2.38. The Morgan fingerprint density at radius 1 is 1.26 bits per heavy atom. The van der Waals surface area contributed by atoms with Gasteiger partial charge in [0.2, 0.25) is 0 Å². The van der Waals surface area contributed by atoms with Crippen LogP contribution in [0.3, 0.4) is 0 Å². The second kappa shape index (κ2) is 11.8. The van der Waals surface area contributed by atoms with Crippen LogP contribution in [-0.4, -0.2) is 43.4 Å². The number of amides is 2. The minimum absolute atomic E-state index is 0.135. The number of carbonyl (C=O) groups is 2. The quantitative estimate of drug-likeness (QED) is 0.499. The summed E-state index contributed by atoms with van der Waals surface area (Å²) in [6, 6.07) is -0.235. The normalized spacial score (nSPS) is 11.9. The zero-order valence-corrected chi connectivity index (χ0v) is 11.9. The summed E-state index contributed by atoms with van der Waals surface area (Å²) in [5, 5.41) is 13.9. The number of ether oxygens (including phenoxy) is 1. The molecule has 0 aliphatic carbocycles. The first-order valence-corrected chi connectivity index (χ1v) is 6.87. The predicted molar refractivity (Wildman–Crippen MR) is 73.2 cm³/mol. The Kier molecular flexibility index (Phi) is 11.0. The van der Waals surface area contributed by atoms with Crippen molar-refractivity contribution in [3.05, 3.63) is 0 Å². The Balaban J connectivity index is 3.40. The fourth-order valence-electron chi connectivity index (χ4n) is 1.39. The van der Waals surface area contributed by atoms with E-state index in [1.165, 1.54) is 0 Å². The first-order valence-electron chi connectivity index (χ1n) is 6.87. The van der Waals surface area contributed by atoms with Crippen molar-refractivity contribution in [2.75, 3.05) is 26.3 Å². The van der Waals surface area contributed by atoms with Gasteiger partial charge in [-0.2, -0.15) is 0 Å². The average molecular weight is 274 g/mol. The summed E-state index contributed by atoms with van der Waals surface area (Å²) in [5.74, 6) is -0.650. The van der Waals surface area contributed by atoms with E-state index in [4.69, 9.17) is 9.84 Å². The molecule has 0 saturated carbocycles. The molecule has 6 heteroatoms. The molecule has 0 aromatic carbocycles. The van der Waals surface area contributed by atoms with Crippen LogP contribution in [0.2, 0.25) is 0 Å². The third-order valence-electron chi connectivity index (χ3n) is 2.64. The van der Waals surface area contributed by atoms with Crippen molar-refractivity contribution in [1.29, 1.82) is 0 Å². The summed E-state index contributed by atoms with van der Waals surface area (Å²) in [6.07, 6.45) is 2.83. The lowest BCUT2D eigenvalue weighted by Gasteiger charge is -2.12. The molecule has 0 radical (unpaired) electrons. The lowest BCUT2D eigenvalue weighted by molar-refractivity contribution is -0.137. The van der Waals surface area contributed by atoms with Crippen LogP contribution < -0.4 is 10.6 Å². The van der Waals surface area contributed by atoms with Crippen LogP contribution in [0, 0.1) is 5.92 Å². The Morgan fingerprint density at radius 3 is 2.63 bits per heavy atom. The highest BCUT2D eigenvalue weighted by atomic mass is 16.5. The number of rotatable bonds is 11. The van der Waals surface area contributed by atoms with E-state index in [-0.39, 0.29) is 18.4 Å². The van der Waals surface area contributed by atoms with E-state index in [0.29, 0.717) is 26.1 Å². The zero-order chi connectivity index (χ0) is 14.5. The molecule has 0 aliphatic rings. The Morgan fingerprint density at radius 2 is 2.00 bits per heavy atom. The second-order valence-electron chi connectivity index (χ2n) is 4.64. The van der Waals surface area contributed by atoms with E-state index < -0.39 is 5.97 Å². The molecule has 2 amide bonds. The van der Waals surface area contributed by atoms with Gasteiger partial charge < -0.3 is 20.5 Å². The molecule has 19 heavy (non-hydrogen) atoms. The van der Waals surface area contributed by atoms with Gasteiger partial charge in [0.15, 0.2) is 0 Å². The number of carbonyl (C=O) groups excluding carboxylic acids is 1. The molecule has 0 fully saturated rings. The topological polar surface area (TPSA) is 87.7 Å². The summed E-state index contributed by atoms with van der Waals surface area (Å²) in [4.78, 5) is 21.8. The Hall–Kier alpha value is -1.30. The molecule has 0 heterocycles. The molecule has 0 bridgehead atoms. The van der Waals surface area contributed by atoms with Crippen LogP contribution in [0.5, 0.6) is 0 Å². The number of hydrogen-bond acceptors (Lipinski definition) is 3. The largest absolute Gasteiger partial charge is 0.481 e. The predicted octanol–water partition coefficient (Wildman–Crippen LogP) is 1.60. The van der Waals surface area contributed by atoms with Crippen LogP contribution in [0.15, 0.2) is 0 Å².